The van der Waals surface area contributed by atoms with Crippen molar-refractivity contribution in [3.05, 3.63) is 107 Å². The smallest absolute Gasteiger partial charge is 0.265 e. The van der Waals surface area contributed by atoms with Gasteiger partial charge in [-0.2, -0.15) is 4.57 Å². The van der Waals surface area contributed by atoms with E-state index in [2.05, 4.69) is 126 Å². The van der Waals surface area contributed by atoms with Gasteiger partial charge in [0.15, 0.2) is 0 Å². The van der Waals surface area contributed by atoms with Crippen molar-refractivity contribution >= 4 is 45.1 Å². The molecule has 1 aliphatic heterocycles. The van der Waals surface area contributed by atoms with Gasteiger partial charge < -0.3 is 28.9 Å². The molecule has 0 saturated carbocycles. The quantitative estimate of drug-likeness (QED) is 0.191. The Balaban J connectivity index is 0.00000267. The average Bonchev–Trinajstić information content (AvgIpc) is 3.45. The minimum Gasteiger partial charge on any atom is -1.00 e. The average molecular weight is 619 g/mol. The maximum absolute atomic E-state index is 2.45. The largest absolute Gasteiger partial charge is 1.00 e. The molecule has 0 bridgehead atoms. The van der Waals surface area contributed by atoms with Crippen LogP contribution in [0, 0.1) is 0 Å². The van der Waals surface area contributed by atoms with Crippen LogP contribution in [-0.2, 0) is 6.54 Å². The highest BCUT2D eigenvalue weighted by Crippen LogP contribution is 2.48. The van der Waals surface area contributed by atoms with Crippen molar-refractivity contribution in [2.75, 3.05) is 11.4 Å². The minimum atomic E-state index is 0. The lowest BCUT2D eigenvalue weighted by Gasteiger charge is -2.18. The third-order valence-corrected chi connectivity index (χ3v) is 8.78. The number of thiazole rings is 1. The summed E-state index contributed by atoms with van der Waals surface area (Å²) in [6, 6.07) is 35.0. The van der Waals surface area contributed by atoms with Crippen LogP contribution in [0.15, 0.2) is 107 Å². The lowest BCUT2D eigenvalue weighted by atomic mass is 10.0. The molecule has 0 N–H and O–H groups in total. The molecule has 0 amide bonds. The molecule has 2 nitrogen and oxygen atoms in total. The van der Waals surface area contributed by atoms with Gasteiger partial charge >= 0.3 is 0 Å². The number of thioether (sulfide) groups is 1. The molecule has 2 heterocycles. The van der Waals surface area contributed by atoms with E-state index in [1.54, 1.807) is 0 Å². The first kappa shape index (κ1) is 25.1. The summed E-state index contributed by atoms with van der Waals surface area (Å²) < 4.78 is 3.78. The fourth-order valence-corrected chi connectivity index (χ4v) is 7.16. The maximum Gasteiger partial charge on any atom is 0.265 e. The van der Waals surface area contributed by atoms with Crippen LogP contribution in [0.1, 0.15) is 18.9 Å². The van der Waals surface area contributed by atoms with E-state index < -0.39 is 0 Å². The zero-order valence-corrected chi connectivity index (χ0v) is 24.1. The van der Waals surface area contributed by atoms with Gasteiger partial charge in [0.2, 0.25) is 5.52 Å². The lowest BCUT2D eigenvalue weighted by Crippen LogP contribution is -3.00. The Morgan fingerprint density at radius 2 is 1.39 bits per heavy atom. The first-order valence-corrected chi connectivity index (χ1v) is 13.8. The molecule has 5 heteroatoms. The molecule has 36 heavy (non-hydrogen) atoms. The van der Waals surface area contributed by atoms with Crippen LogP contribution in [-0.4, -0.2) is 6.54 Å². The number of halogens is 1. The predicted octanol–water partition coefficient (Wildman–Crippen LogP) is 5.48. The van der Waals surface area contributed by atoms with Gasteiger partial charge in [0, 0.05) is 17.5 Å². The number of fused-ring (bicyclic) bond motifs is 2. The number of aromatic nitrogens is 1. The molecule has 0 fully saturated rings. The Morgan fingerprint density at radius 1 is 0.750 bits per heavy atom. The molecule has 1 aliphatic rings. The summed E-state index contributed by atoms with van der Waals surface area (Å²) in [5.74, 6) is 0. The summed E-state index contributed by atoms with van der Waals surface area (Å²) in [5, 5.41) is 2.59. The van der Waals surface area contributed by atoms with Crippen LogP contribution in [0.3, 0.4) is 0 Å². The molecule has 0 saturated heterocycles. The second kappa shape index (κ2) is 10.8. The van der Waals surface area contributed by atoms with Crippen LogP contribution in [0.25, 0.3) is 38.5 Å². The standard InChI is InChI=1S/C31H27N2S2.HI/c1-3-32-26-19-24(22-11-7-5-8-12-22)15-17-28(26)34-30(32)21-31-33(4-2)27-20-25(16-18-29(27)35-31)23-13-9-6-10-14-23;/h5-21H,3-4H2,1-2H3;1H/q+1;/p-1. The number of hydrogen-bond donors (Lipinski definition) is 0. The topological polar surface area (TPSA) is 7.12 Å². The number of hydrogen-bond acceptors (Lipinski definition) is 3. The molecule has 0 unspecified atom stereocenters. The van der Waals surface area contributed by atoms with Crippen molar-refractivity contribution < 1.29 is 28.5 Å². The van der Waals surface area contributed by atoms with Crippen LogP contribution in [0.2, 0.25) is 0 Å². The number of anilines is 1. The SMILES string of the molecule is CCN1C(=Cc2sc3ccc(-c4ccccc4)cc3[n+]2CC)Sc2ccc(-c3ccccc3)cc21.[I-]. The van der Waals surface area contributed by atoms with Gasteiger partial charge in [-0.05, 0) is 54.3 Å². The number of rotatable bonds is 5. The summed E-state index contributed by atoms with van der Waals surface area (Å²) in [4.78, 5) is 3.78. The van der Waals surface area contributed by atoms with Gasteiger partial charge in [-0.1, -0.05) is 95.9 Å². The molecule has 6 rings (SSSR count). The van der Waals surface area contributed by atoms with Gasteiger partial charge in [-0.25, -0.2) is 0 Å². The monoisotopic (exact) mass is 618 g/mol. The van der Waals surface area contributed by atoms with E-state index in [4.69, 9.17) is 0 Å². The minimum absolute atomic E-state index is 0. The van der Waals surface area contributed by atoms with E-state index in [9.17, 15) is 0 Å². The van der Waals surface area contributed by atoms with Gasteiger partial charge in [-0.3, -0.25) is 0 Å². The normalized spacial score (nSPS) is 13.7. The Kier molecular flexibility index (Phi) is 7.51. The summed E-state index contributed by atoms with van der Waals surface area (Å²) in [7, 11) is 0. The molecule has 180 valence electrons. The highest BCUT2D eigenvalue weighted by molar-refractivity contribution is 8.03. The molecule has 0 spiro atoms. The zero-order chi connectivity index (χ0) is 23.8. The van der Waals surface area contributed by atoms with Crippen molar-refractivity contribution in [3.8, 4) is 22.3 Å². The van der Waals surface area contributed by atoms with Gasteiger partial charge in [0.25, 0.3) is 5.01 Å². The van der Waals surface area contributed by atoms with Crippen LogP contribution < -0.4 is 33.4 Å². The lowest BCUT2D eigenvalue weighted by molar-refractivity contribution is -0.665. The van der Waals surface area contributed by atoms with Crippen molar-refractivity contribution in [2.24, 2.45) is 0 Å². The van der Waals surface area contributed by atoms with Crippen LogP contribution in [0.4, 0.5) is 5.69 Å². The van der Waals surface area contributed by atoms with Gasteiger partial charge in [-0.15, -0.1) is 0 Å². The van der Waals surface area contributed by atoms with E-state index in [-0.39, 0.29) is 24.0 Å². The third-order valence-electron chi connectivity index (χ3n) is 6.55. The van der Waals surface area contributed by atoms with E-state index in [0.717, 1.165) is 13.1 Å². The number of benzene rings is 4. The Hall–Kier alpha value is -2.61. The number of aryl methyl sites for hydroxylation is 1. The molecule has 0 aliphatic carbocycles. The third kappa shape index (κ3) is 4.60. The van der Waals surface area contributed by atoms with Crippen molar-refractivity contribution in [1.29, 1.82) is 0 Å². The second-order valence-electron chi connectivity index (χ2n) is 8.61. The second-order valence-corrected chi connectivity index (χ2v) is 10.7. The highest BCUT2D eigenvalue weighted by atomic mass is 127. The Bertz CT molecular complexity index is 1540. The summed E-state index contributed by atoms with van der Waals surface area (Å²) in [6.45, 7) is 6.37. The van der Waals surface area contributed by atoms with Crippen molar-refractivity contribution in [2.45, 2.75) is 25.3 Å². The fraction of sp³-hybridized carbons (Fsp3) is 0.129. The van der Waals surface area contributed by atoms with E-state index in [0.29, 0.717) is 0 Å². The molecule has 5 aromatic rings. The molecule has 0 atom stereocenters. The van der Waals surface area contributed by atoms with Crippen LogP contribution in [0.5, 0.6) is 0 Å². The van der Waals surface area contributed by atoms with Gasteiger partial charge in [0.05, 0.1) is 16.8 Å². The molecule has 1 aromatic heterocycles. The van der Waals surface area contributed by atoms with Crippen molar-refractivity contribution in [1.82, 2.24) is 0 Å². The summed E-state index contributed by atoms with van der Waals surface area (Å²) >= 11 is 3.75. The first-order valence-electron chi connectivity index (χ1n) is 12.1. The molecule has 0 radical (unpaired) electrons. The maximum atomic E-state index is 2.45. The summed E-state index contributed by atoms with van der Waals surface area (Å²) in [6.07, 6.45) is 2.38. The van der Waals surface area contributed by atoms with Crippen LogP contribution >= 0.6 is 23.1 Å². The fourth-order valence-electron chi connectivity index (χ4n) is 4.80. The first-order chi connectivity index (χ1) is 17.2. The predicted molar refractivity (Wildman–Crippen MR) is 152 cm³/mol. The Labute approximate surface area is 238 Å². The molecule has 4 aromatic carbocycles. The molecular weight excluding hydrogens is 591 g/mol. The molecular formula is C31H27IN2S2. The van der Waals surface area contributed by atoms with E-state index in [1.165, 1.54) is 53.1 Å². The highest BCUT2D eigenvalue weighted by Gasteiger charge is 2.27. The summed E-state index contributed by atoms with van der Waals surface area (Å²) in [5.41, 5.74) is 7.67. The Morgan fingerprint density at radius 3 is 2.03 bits per heavy atom. The number of nitrogens with zero attached hydrogens (tertiary/aromatic N) is 2. The zero-order valence-electron chi connectivity index (χ0n) is 20.3. The van der Waals surface area contributed by atoms with Crippen molar-refractivity contribution in [3.63, 3.8) is 0 Å². The van der Waals surface area contributed by atoms with E-state index >= 15 is 0 Å². The van der Waals surface area contributed by atoms with E-state index in [1.807, 2.05) is 23.1 Å². The van der Waals surface area contributed by atoms with Gasteiger partial charge in [0.1, 0.15) is 11.2 Å².